The summed E-state index contributed by atoms with van der Waals surface area (Å²) in [5.74, 6) is -1.26. The second kappa shape index (κ2) is 11.2. The number of unbranched alkanes of at least 4 members (excludes halogenated alkanes) is 1. The molecule has 0 aliphatic carbocycles. The topological polar surface area (TPSA) is 70.3 Å². The summed E-state index contributed by atoms with van der Waals surface area (Å²) in [4.78, 5) is 37.8. The zero-order valence-corrected chi connectivity index (χ0v) is 17.9. The van der Waals surface area contributed by atoms with E-state index in [1.165, 1.54) is 31.3 Å². The summed E-state index contributed by atoms with van der Waals surface area (Å²) < 4.78 is 21.6. The van der Waals surface area contributed by atoms with E-state index in [9.17, 15) is 18.8 Å². The van der Waals surface area contributed by atoms with Crippen LogP contribution >= 0.6 is 0 Å². The average molecular weight is 436 g/mol. The molecule has 2 aromatic carbocycles. The number of carbonyl (C=O) groups excluding carboxylic acids is 1. The van der Waals surface area contributed by atoms with Gasteiger partial charge in [0.2, 0.25) is 0 Å². The molecule has 0 fully saturated rings. The first kappa shape index (κ1) is 23.1. The van der Waals surface area contributed by atoms with Crippen LogP contribution in [0.2, 0.25) is 0 Å². The highest BCUT2D eigenvalue weighted by atomic mass is 19.1. The van der Waals surface area contributed by atoms with Gasteiger partial charge in [0.15, 0.2) is 0 Å². The maximum atomic E-state index is 14.4. The lowest BCUT2D eigenvalue weighted by Gasteiger charge is -2.10. The Bertz CT molecular complexity index is 1200. The Kier molecular flexibility index (Phi) is 8.05. The number of nitrogens with zero attached hydrogens (tertiary/aromatic N) is 2. The molecule has 166 valence electrons. The van der Waals surface area contributed by atoms with Gasteiger partial charge in [-0.25, -0.2) is 9.18 Å². The first-order valence-electron chi connectivity index (χ1n) is 10.4. The standard InChI is InChI=1S/C25H25FN2O4/c1-19-16-27(25(31)28(23(19)29)24(30)21-12-6-3-7-13-21)17-22(26)14-8-9-15-32-18-20-10-4-2-5-11-20/h2-7,10-14,16H,8-9,15,17-18H2,1H3/b22-14-. The number of rotatable bonds is 9. The first-order valence-corrected chi connectivity index (χ1v) is 10.4. The highest BCUT2D eigenvalue weighted by Crippen LogP contribution is 2.06. The fourth-order valence-electron chi connectivity index (χ4n) is 3.17. The van der Waals surface area contributed by atoms with Crippen LogP contribution in [0.5, 0.6) is 0 Å². The average Bonchev–Trinajstić information content (AvgIpc) is 2.81. The summed E-state index contributed by atoms with van der Waals surface area (Å²) in [7, 11) is 0. The van der Waals surface area contributed by atoms with E-state index in [1.807, 2.05) is 30.3 Å². The number of hydrogen-bond acceptors (Lipinski definition) is 4. The van der Waals surface area contributed by atoms with E-state index in [-0.39, 0.29) is 17.7 Å². The molecular weight excluding hydrogens is 411 g/mol. The third kappa shape index (κ3) is 5.98. The van der Waals surface area contributed by atoms with Gasteiger partial charge in [0.1, 0.15) is 5.83 Å². The molecule has 3 aromatic rings. The van der Waals surface area contributed by atoms with E-state index in [4.69, 9.17) is 4.74 Å². The Morgan fingerprint density at radius 3 is 2.38 bits per heavy atom. The molecular formula is C25H25FN2O4. The fourth-order valence-corrected chi connectivity index (χ4v) is 3.17. The van der Waals surface area contributed by atoms with Crippen molar-refractivity contribution in [3.63, 3.8) is 0 Å². The van der Waals surface area contributed by atoms with Gasteiger partial charge in [-0.3, -0.25) is 14.2 Å². The molecule has 0 bridgehead atoms. The molecule has 3 rings (SSSR count). The smallest absolute Gasteiger partial charge is 0.338 e. The Hall–Kier alpha value is -3.58. The third-order valence-electron chi connectivity index (χ3n) is 4.84. The molecule has 7 heteroatoms. The molecule has 0 atom stereocenters. The normalized spacial score (nSPS) is 11.5. The van der Waals surface area contributed by atoms with E-state index in [2.05, 4.69) is 0 Å². The summed E-state index contributed by atoms with van der Waals surface area (Å²) in [5, 5.41) is 0. The molecule has 0 N–H and O–H groups in total. The highest BCUT2D eigenvalue weighted by molar-refractivity contribution is 5.95. The van der Waals surface area contributed by atoms with Gasteiger partial charge in [0.05, 0.1) is 13.2 Å². The lowest BCUT2D eigenvalue weighted by atomic mass is 10.2. The second-order valence-corrected chi connectivity index (χ2v) is 7.37. The SMILES string of the molecule is Cc1cn(C/C(F)=C/CCCOCc2ccccc2)c(=O)n(C(=O)c2ccccc2)c1=O. The first-order chi connectivity index (χ1) is 15.5. The number of ether oxygens (including phenoxy) is 1. The van der Waals surface area contributed by atoms with Gasteiger partial charge < -0.3 is 4.74 Å². The van der Waals surface area contributed by atoms with Crippen LogP contribution in [0, 0.1) is 6.92 Å². The minimum Gasteiger partial charge on any atom is -0.377 e. The fraction of sp³-hybridized carbons (Fsp3) is 0.240. The van der Waals surface area contributed by atoms with Crippen LogP contribution in [-0.2, 0) is 17.9 Å². The molecule has 32 heavy (non-hydrogen) atoms. The zero-order chi connectivity index (χ0) is 22.9. The van der Waals surface area contributed by atoms with Gasteiger partial charge in [-0.1, -0.05) is 54.6 Å². The van der Waals surface area contributed by atoms with E-state index in [0.717, 1.165) is 10.1 Å². The molecule has 6 nitrogen and oxygen atoms in total. The molecule has 0 spiro atoms. The molecule has 0 amide bonds. The molecule has 0 radical (unpaired) electrons. The van der Waals surface area contributed by atoms with Crippen molar-refractivity contribution in [1.82, 2.24) is 9.13 Å². The molecule has 1 aromatic heterocycles. The Morgan fingerprint density at radius 1 is 1.03 bits per heavy atom. The Morgan fingerprint density at radius 2 is 1.69 bits per heavy atom. The number of aromatic nitrogens is 2. The van der Waals surface area contributed by atoms with Crippen molar-refractivity contribution in [2.45, 2.75) is 32.9 Å². The van der Waals surface area contributed by atoms with Gasteiger partial charge >= 0.3 is 5.69 Å². The number of benzene rings is 2. The highest BCUT2D eigenvalue weighted by Gasteiger charge is 2.17. The largest absolute Gasteiger partial charge is 0.377 e. The predicted octanol–water partition coefficient (Wildman–Crippen LogP) is 3.86. The molecule has 1 heterocycles. The Balaban J connectivity index is 1.62. The van der Waals surface area contributed by atoms with Crippen molar-refractivity contribution in [2.75, 3.05) is 6.61 Å². The van der Waals surface area contributed by atoms with Crippen LogP contribution < -0.4 is 11.2 Å². The summed E-state index contributed by atoms with van der Waals surface area (Å²) in [6, 6.07) is 17.8. The Labute approximate surface area is 185 Å². The van der Waals surface area contributed by atoms with E-state index >= 15 is 0 Å². The lowest BCUT2D eigenvalue weighted by molar-refractivity contribution is 0.0948. The third-order valence-corrected chi connectivity index (χ3v) is 4.84. The van der Waals surface area contributed by atoms with Crippen molar-refractivity contribution in [1.29, 1.82) is 0 Å². The van der Waals surface area contributed by atoms with E-state index in [1.54, 1.807) is 18.2 Å². The minimum absolute atomic E-state index is 0.177. The van der Waals surface area contributed by atoms with Gasteiger partial charge in [-0.05, 0) is 37.5 Å². The van der Waals surface area contributed by atoms with Crippen molar-refractivity contribution in [2.24, 2.45) is 0 Å². The van der Waals surface area contributed by atoms with Crippen LogP contribution in [0.15, 0.2) is 88.4 Å². The number of allylic oxidation sites excluding steroid dienone is 2. The summed E-state index contributed by atoms with van der Waals surface area (Å²) in [5.41, 5.74) is -0.125. The number of aryl methyl sites for hydroxylation is 1. The summed E-state index contributed by atoms with van der Waals surface area (Å²) in [6.45, 7) is 2.11. The molecule has 0 unspecified atom stereocenters. The lowest BCUT2D eigenvalue weighted by Crippen LogP contribution is -2.44. The van der Waals surface area contributed by atoms with E-state index in [0.29, 0.717) is 30.6 Å². The van der Waals surface area contributed by atoms with Crippen LogP contribution in [0.3, 0.4) is 0 Å². The maximum absolute atomic E-state index is 14.4. The monoisotopic (exact) mass is 436 g/mol. The van der Waals surface area contributed by atoms with Crippen molar-refractivity contribution >= 4 is 5.91 Å². The van der Waals surface area contributed by atoms with Crippen LogP contribution in [-0.4, -0.2) is 21.6 Å². The van der Waals surface area contributed by atoms with Crippen LogP contribution in [0.4, 0.5) is 4.39 Å². The molecule has 0 aliphatic rings. The number of carbonyl (C=O) groups is 1. The maximum Gasteiger partial charge on any atom is 0.338 e. The zero-order valence-electron chi connectivity index (χ0n) is 17.9. The van der Waals surface area contributed by atoms with Gasteiger partial charge in [0.25, 0.3) is 11.5 Å². The molecule has 0 saturated heterocycles. The quantitative estimate of drug-likeness (QED) is 0.478. The van der Waals surface area contributed by atoms with Gasteiger partial charge in [-0.15, -0.1) is 0 Å². The summed E-state index contributed by atoms with van der Waals surface area (Å²) >= 11 is 0. The van der Waals surface area contributed by atoms with Crippen molar-refractivity contribution in [3.8, 4) is 0 Å². The number of hydrogen-bond donors (Lipinski definition) is 0. The van der Waals surface area contributed by atoms with Crippen LogP contribution in [0.1, 0.15) is 34.3 Å². The predicted molar refractivity (Wildman–Crippen MR) is 120 cm³/mol. The van der Waals surface area contributed by atoms with E-state index < -0.39 is 23.0 Å². The second-order valence-electron chi connectivity index (χ2n) is 7.37. The van der Waals surface area contributed by atoms with Gasteiger partial charge in [-0.2, -0.15) is 4.57 Å². The number of halogens is 1. The molecule has 0 aliphatic heterocycles. The summed E-state index contributed by atoms with van der Waals surface area (Å²) in [6.07, 6.45) is 3.73. The van der Waals surface area contributed by atoms with Gasteiger partial charge in [0, 0.05) is 23.9 Å². The molecule has 0 saturated carbocycles. The minimum atomic E-state index is -0.871. The van der Waals surface area contributed by atoms with Crippen LogP contribution in [0.25, 0.3) is 0 Å². The van der Waals surface area contributed by atoms with Crippen molar-refractivity contribution in [3.05, 3.63) is 116 Å². The van der Waals surface area contributed by atoms with Crippen molar-refractivity contribution < 1.29 is 13.9 Å².